The number of hydrogen-bond donors (Lipinski definition) is 0. The molecule has 0 saturated carbocycles. The molecule has 0 radical (unpaired) electrons. The van der Waals surface area contributed by atoms with Crippen LogP contribution in [0.1, 0.15) is 30.7 Å². The number of aromatic nitrogens is 1. The number of carbonyl (C=O) groups is 1. The number of halogens is 1. The third-order valence-corrected chi connectivity index (χ3v) is 6.49. The van der Waals surface area contributed by atoms with Gasteiger partial charge in [0.1, 0.15) is 23.1 Å². The molecule has 0 bridgehead atoms. The zero-order chi connectivity index (χ0) is 21.6. The van der Waals surface area contributed by atoms with Crippen LogP contribution in [0.4, 0.5) is 4.39 Å². The van der Waals surface area contributed by atoms with E-state index in [1.54, 1.807) is 19.1 Å². The fraction of sp³-hybridized carbons (Fsp3) is 0.524. The summed E-state index contributed by atoms with van der Waals surface area (Å²) in [5.41, 5.74) is 0.369. The molecule has 0 unspecified atom stereocenters. The molecule has 1 aromatic heterocycles. The average molecular weight is 439 g/mol. The first-order valence-electron chi connectivity index (χ1n) is 10.1. The van der Waals surface area contributed by atoms with Gasteiger partial charge in [-0.2, -0.15) is 0 Å². The van der Waals surface area contributed by atoms with E-state index in [4.69, 9.17) is 9.15 Å². The Morgan fingerprint density at radius 1 is 1.20 bits per heavy atom. The molecule has 0 N–H and O–H groups in total. The standard InChI is InChI=1S/C21H27FN2O5S/c1-16-20(23-21(29-16)18-7-2-3-8-19(18)22)15-30(26,27)14-17(25)6-4-5-9-24-10-12-28-13-11-24/h2-3,7-8H,4-6,9-15H2,1H3. The maximum Gasteiger partial charge on any atom is 0.229 e. The molecule has 2 aromatic rings. The highest BCUT2D eigenvalue weighted by molar-refractivity contribution is 7.91. The Balaban J connectivity index is 1.50. The maximum atomic E-state index is 13.9. The van der Waals surface area contributed by atoms with Crippen LogP contribution in [0.2, 0.25) is 0 Å². The number of carbonyl (C=O) groups excluding carboxylic acids is 1. The molecule has 164 valence electrons. The van der Waals surface area contributed by atoms with Gasteiger partial charge in [0.05, 0.1) is 30.2 Å². The number of benzene rings is 1. The highest BCUT2D eigenvalue weighted by Gasteiger charge is 2.22. The zero-order valence-electron chi connectivity index (χ0n) is 17.1. The van der Waals surface area contributed by atoms with Crippen molar-refractivity contribution in [2.75, 3.05) is 38.6 Å². The Morgan fingerprint density at radius 3 is 2.67 bits per heavy atom. The molecule has 0 atom stereocenters. The number of unbranched alkanes of at least 4 members (excludes halogenated alkanes) is 1. The Hall–Kier alpha value is -2.10. The van der Waals surface area contributed by atoms with Crippen LogP contribution in [0.3, 0.4) is 0 Å². The topological polar surface area (TPSA) is 89.7 Å². The smallest absolute Gasteiger partial charge is 0.229 e. The number of aryl methyl sites for hydroxylation is 1. The van der Waals surface area contributed by atoms with E-state index in [0.29, 0.717) is 12.2 Å². The van der Waals surface area contributed by atoms with E-state index in [1.807, 2.05) is 0 Å². The Morgan fingerprint density at radius 2 is 1.93 bits per heavy atom. The second-order valence-electron chi connectivity index (χ2n) is 7.48. The summed E-state index contributed by atoms with van der Waals surface area (Å²) in [6, 6.07) is 5.99. The normalized spacial score (nSPS) is 15.4. The number of sulfone groups is 1. The average Bonchev–Trinajstić information content (AvgIpc) is 3.05. The van der Waals surface area contributed by atoms with Crippen LogP contribution in [0.25, 0.3) is 11.5 Å². The summed E-state index contributed by atoms with van der Waals surface area (Å²) >= 11 is 0. The van der Waals surface area contributed by atoms with Crippen LogP contribution in [-0.4, -0.2) is 62.7 Å². The third-order valence-electron chi connectivity index (χ3n) is 5.02. The second-order valence-corrected chi connectivity index (χ2v) is 9.55. The van der Waals surface area contributed by atoms with Crippen molar-refractivity contribution < 1.29 is 26.8 Å². The fourth-order valence-electron chi connectivity index (χ4n) is 3.37. The molecule has 7 nitrogen and oxygen atoms in total. The number of ketones is 1. The van der Waals surface area contributed by atoms with Crippen molar-refractivity contribution >= 4 is 15.6 Å². The predicted molar refractivity (Wildman–Crippen MR) is 110 cm³/mol. The van der Waals surface area contributed by atoms with Crippen LogP contribution in [-0.2, 0) is 25.1 Å². The molecule has 1 aromatic carbocycles. The lowest BCUT2D eigenvalue weighted by Crippen LogP contribution is -2.36. The van der Waals surface area contributed by atoms with Gasteiger partial charge >= 0.3 is 0 Å². The minimum Gasteiger partial charge on any atom is -0.441 e. The van der Waals surface area contributed by atoms with Crippen LogP contribution in [0.5, 0.6) is 0 Å². The van der Waals surface area contributed by atoms with E-state index in [9.17, 15) is 17.6 Å². The largest absolute Gasteiger partial charge is 0.441 e. The summed E-state index contributed by atoms with van der Waals surface area (Å²) in [6.07, 6.45) is 1.74. The van der Waals surface area contributed by atoms with Crippen molar-refractivity contribution in [2.24, 2.45) is 0 Å². The van der Waals surface area contributed by atoms with Gasteiger partial charge in [0.15, 0.2) is 9.84 Å². The van der Waals surface area contributed by atoms with E-state index < -0.39 is 27.2 Å². The molecule has 3 rings (SSSR count). The molecule has 1 aliphatic rings. The number of morpholine rings is 1. The number of oxazole rings is 1. The first kappa shape index (κ1) is 22.6. The summed E-state index contributed by atoms with van der Waals surface area (Å²) in [6.45, 7) is 5.73. The predicted octanol–water partition coefficient (Wildman–Crippen LogP) is 2.78. The lowest BCUT2D eigenvalue weighted by Gasteiger charge is -2.26. The quantitative estimate of drug-likeness (QED) is 0.527. The molecule has 1 saturated heterocycles. The lowest BCUT2D eigenvalue weighted by atomic mass is 10.2. The van der Waals surface area contributed by atoms with Gasteiger partial charge in [0, 0.05) is 19.5 Å². The van der Waals surface area contributed by atoms with E-state index in [0.717, 1.165) is 39.3 Å². The van der Waals surface area contributed by atoms with Crippen molar-refractivity contribution in [1.29, 1.82) is 0 Å². The summed E-state index contributed by atoms with van der Waals surface area (Å²) in [4.78, 5) is 18.6. The van der Waals surface area contributed by atoms with Crippen molar-refractivity contribution in [3.05, 3.63) is 41.5 Å². The molecular formula is C21H27FN2O5S. The SMILES string of the molecule is Cc1oc(-c2ccccc2F)nc1CS(=O)(=O)CC(=O)CCCCN1CCOCC1. The van der Waals surface area contributed by atoms with E-state index in [1.165, 1.54) is 12.1 Å². The number of rotatable bonds is 10. The minimum absolute atomic E-state index is 0.0326. The molecule has 0 aliphatic carbocycles. The molecular weight excluding hydrogens is 411 g/mol. The summed E-state index contributed by atoms with van der Waals surface area (Å²) in [5, 5.41) is 0. The molecule has 1 fully saturated rings. The van der Waals surface area contributed by atoms with Gasteiger partial charge in [-0.3, -0.25) is 9.69 Å². The highest BCUT2D eigenvalue weighted by Crippen LogP contribution is 2.25. The summed E-state index contributed by atoms with van der Waals surface area (Å²) in [7, 11) is -3.69. The van der Waals surface area contributed by atoms with Gasteiger partial charge in [0.2, 0.25) is 5.89 Å². The van der Waals surface area contributed by atoms with Gasteiger partial charge in [-0.05, 0) is 38.4 Å². The van der Waals surface area contributed by atoms with Crippen molar-refractivity contribution in [2.45, 2.75) is 31.9 Å². The lowest BCUT2D eigenvalue weighted by molar-refractivity contribution is -0.116. The molecule has 2 heterocycles. The van der Waals surface area contributed by atoms with Crippen molar-refractivity contribution in [1.82, 2.24) is 9.88 Å². The van der Waals surface area contributed by atoms with Gasteiger partial charge < -0.3 is 9.15 Å². The summed E-state index contributed by atoms with van der Waals surface area (Å²) in [5.74, 6) is -1.39. The van der Waals surface area contributed by atoms with Crippen molar-refractivity contribution in [3.63, 3.8) is 0 Å². The number of ether oxygens (including phenoxy) is 1. The van der Waals surface area contributed by atoms with Crippen molar-refractivity contribution in [3.8, 4) is 11.5 Å². The van der Waals surface area contributed by atoms with E-state index in [-0.39, 0.29) is 29.4 Å². The van der Waals surface area contributed by atoms with Gasteiger partial charge in [0.25, 0.3) is 0 Å². The number of nitrogens with zero attached hydrogens (tertiary/aromatic N) is 2. The number of Topliss-reactive ketones (excluding diaryl/α,β-unsaturated/α-hetero) is 1. The van der Waals surface area contributed by atoms with Crippen LogP contribution in [0.15, 0.2) is 28.7 Å². The Labute approximate surface area is 176 Å². The van der Waals surface area contributed by atoms with Crippen LogP contribution in [0, 0.1) is 12.7 Å². The Kier molecular flexibility index (Phi) is 7.74. The van der Waals surface area contributed by atoms with Gasteiger partial charge in [-0.25, -0.2) is 17.8 Å². The first-order valence-corrected chi connectivity index (χ1v) is 11.9. The van der Waals surface area contributed by atoms with Gasteiger partial charge in [-0.1, -0.05) is 12.1 Å². The molecule has 0 amide bonds. The summed E-state index contributed by atoms with van der Waals surface area (Å²) < 4.78 is 49.6. The monoisotopic (exact) mass is 438 g/mol. The molecule has 0 spiro atoms. The number of hydrogen-bond acceptors (Lipinski definition) is 7. The molecule has 1 aliphatic heterocycles. The Bertz CT molecular complexity index is 968. The molecule has 30 heavy (non-hydrogen) atoms. The minimum atomic E-state index is -3.69. The first-order chi connectivity index (χ1) is 14.3. The van der Waals surface area contributed by atoms with E-state index >= 15 is 0 Å². The maximum absolute atomic E-state index is 13.9. The van der Waals surface area contributed by atoms with E-state index in [2.05, 4.69) is 9.88 Å². The van der Waals surface area contributed by atoms with Gasteiger partial charge in [-0.15, -0.1) is 0 Å². The fourth-order valence-corrected chi connectivity index (χ4v) is 4.79. The highest BCUT2D eigenvalue weighted by atomic mass is 32.2. The molecule has 9 heteroatoms. The zero-order valence-corrected chi connectivity index (χ0v) is 17.9. The van der Waals surface area contributed by atoms with Crippen LogP contribution >= 0.6 is 0 Å². The van der Waals surface area contributed by atoms with Crippen LogP contribution < -0.4 is 0 Å². The third kappa shape index (κ3) is 6.45. The second kappa shape index (κ2) is 10.3.